The number of ketones is 1. The third-order valence-electron chi connectivity index (χ3n) is 8.11. The number of fused-ring (bicyclic) bond motifs is 5. The molecule has 4 atom stereocenters. The zero-order valence-electron chi connectivity index (χ0n) is 18.0. The molecule has 0 unspecified atom stereocenters. The first-order chi connectivity index (χ1) is 13.5. The van der Waals surface area contributed by atoms with Gasteiger partial charge in [-0.05, 0) is 93.0 Å². The second-order valence-corrected chi connectivity index (χ2v) is 9.79. The highest BCUT2D eigenvalue weighted by atomic mass is 16.3. The van der Waals surface area contributed by atoms with Crippen LogP contribution in [0.1, 0.15) is 88.3 Å². The lowest BCUT2D eigenvalue weighted by molar-refractivity contribution is -0.129. The number of hydrogen-bond donors (Lipinski definition) is 1. The van der Waals surface area contributed by atoms with Crippen molar-refractivity contribution in [3.05, 3.63) is 28.8 Å². The zero-order valence-corrected chi connectivity index (χ0v) is 18.0. The van der Waals surface area contributed by atoms with Crippen molar-refractivity contribution >= 4 is 5.78 Å². The van der Waals surface area contributed by atoms with Gasteiger partial charge in [-0.2, -0.15) is 0 Å². The summed E-state index contributed by atoms with van der Waals surface area (Å²) in [7, 11) is 0. The van der Waals surface area contributed by atoms with Gasteiger partial charge in [-0.25, -0.2) is 0 Å². The van der Waals surface area contributed by atoms with Crippen LogP contribution in [-0.4, -0.2) is 28.9 Å². The van der Waals surface area contributed by atoms with Crippen molar-refractivity contribution in [2.24, 2.45) is 17.3 Å². The number of benzene rings is 1. The molecule has 3 aliphatic carbocycles. The Bertz CT molecular complexity index is 736. The van der Waals surface area contributed by atoms with Gasteiger partial charge in [0.05, 0.1) is 0 Å². The SMILES string of the molecule is CCCN(CCC)Cc1cc2c(cc1O)CC[C@@H]1[C@H]3CCC(=O)[C@]3(C)CC[C@@H]21. The lowest BCUT2D eigenvalue weighted by Gasteiger charge is -2.48. The van der Waals surface area contributed by atoms with E-state index in [4.69, 9.17) is 0 Å². The van der Waals surface area contributed by atoms with Crippen molar-refractivity contribution in [2.45, 2.75) is 84.6 Å². The van der Waals surface area contributed by atoms with Crippen molar-refractivity contribution in [2.75, 3.05) is 13.1 Å². The number of aromatic hydroxyl groups is 1. The molecular formula is C25H37NO2. The monoisotopic (exact) mass is 383 g/mol. The fraction of sp³-hybridized carbons (Fsp3) is 0.720. The minimum absolute atomic E-state index is 0.0581. The summed E-state index contributed by atoms with van der Waals surface area (Å²) in [6.07, 6.45) is 8.59. The molecule has 3 aliphatic rings. The number of hydrogen-bond acceptors (Lipinski definition) is 3. The number of Topliss-reactive ketones (excluding diaryl/α,β-unsaturated/α-hetero) is 1. The normalized spacial score (nSPS) is 31.6. The predicted octanol–water partition coefficient (Wildman–Crippen LogP) is 5.44. The molecule has 28 heavy (non-hydrogen) atoms. The Labute approximate surface area is 170 Å². The Balaban J connectivity index is 1.62. The molecule has 2 fully saturated rings. The molecule has 0 spiro atoms. The van der Waals surface area contributed by atoms with Gasteiger partial charge < -0.3 is 5.11 Å². The van der Waals surface area contributed by atoms with Gasteiger partial charge in [-0.3, -0.25) is 9.69 Å². The Morgan fingerprint density at radius 3 is 2.57 bits per heavy atom. The average Bonchev–Trinajstić information content (AvgIpc) is 2.98. The molecule has 4 rings (SSSR count). The van der Waals surface area contributed by atoms with Gasteiger partial charge in [0.1, 0.15) is 11.5 Å². The molecule has 1 aromatic rings. The van der Waals surface area contributed by atoms with Gasteiger partial charge in [0, 0.05) is 23.9 Å². The quantitative estimate of drug-likeness (QED) is 0.711. The van der Waals surface area contributed by atoms with E-state index in [1.54, 1.807) is 0 Å². The first-order valence-corrected chi connectivity index (χ1v) is 11.6. The van der Waals surface area contributed by atoms with Crippen LogP contribution in [0.15, 0.2) is 12.1 Å². The van der Waals surface area contributed by atoms with Gasteiger partial charge in [-0.15, -0.1) is 0 Å². The molecular weight excluding hydrogens is 346 g/mol. The van der Waals surface area contributed by atoms with Crippen LogP contribution in [0, 0.1) is 17.3 Å². The van der Waals surface area contributed by atoms with Gasteiger partial charge in [-0.1, -0.05) is 26.8 Å². The molecule has 0 bridgehead atoms. The van der Waals surface area contributed by atoms with Crippen LogP contribution in [0.25, 0.3) is 0 Å². The van der Waals surface area contributed by atoms with Crippen LogP contribution < -0.4 is 0 Å². The number of phenolic OH excluding ortho intramolecular Hbond substituents is 1. The minimum Gasteiger partial charge on any atom is -0.508 e. The summed E-state index contributed by atoms with van der Waals surface area (Å²) >= 11 is 0. The van der Waals surface area contributed by atoms with Crippen LogP contribution in [0.3, 0.4) is 0 Å². The summed E-state index contributed by atoms with van der Waals surface area (Å²) in [6, 6.07) is 4.39. The summed E-state index contributed by atoms with van der Waals surface area (Å²) in [5.41, 5.74) is 3.88. The molecule has 1 aromatic carbocycles. The number of rotatable bonds is 6. The lowest BCUT2D eigenvalue weighted by Crippen LogP contribution is -2.42. The Morgan fingerprint density at radius 2 is 1.86 bits per heavy atom. The molecule has 3 heteroatoms. The van der Waals surface area contributed by atoms with E-state index in [2.05, 4.69) is 37.8 Å². The van der Waals surface area contributed by atoms with Gasteiger partial charge in [0.25, 0.3) is 0 Å². The first kappa shape index (κ1) is 19.9. The predicted molar refractivity (Wildman–Crippen MR) is 114 cm³/mol. The molecule has 154 valence electrons. The highest BCUT2D eigenvalue weighted by Gasteiger charge is 2.54. The van der Waals surface area contributed by atoms with E-state index in [1.165, 1.54) is 17.5 Å². The summed E-state index contributed by atoms with van der Waals surface area (Å²) in [5.74, 6) is 2.80. The molecule has 0 radical (unpaired) electrons. The Hall–Kier alpha value is -1.35. The van der Waals surface area contributed by atoms with Crippen LogP contribution in [0.2, 0.25) is 0 Å². The lowest BCUT2D eigenvalue weighted by atomic mass is 9.55. The van der Waals surface area contributed by atoms with Crippen molar-refractivity contribution in [1.29, 1.82) is 0 Å². The fourth-order valence-corrected chi connectivity index (χ4v) is 6.70. The Kier molecular flexibility index (Phi) is 5.57. The maximum atomic E-state index is 12.6. The largest absolute Gasteiger partial charge is 0.508 e. The van der Waals surface area contributed by atoms with E-state index in [9.17, 15) is 9.90 Å². The van der Waals surface area contributed by atoms with Crippen LogP contribution in [0.5, 0.6) is 5.75 Å². The molecule has 0 saturated heterocycles. The summed E-state index contributed by atoms with van der Waals surface area (Å²) in [4.78, 5) is 15.0. The second-order valence-electron chi connectivity index (χ2n) is 9.79. The standard InChI is InChI=1S/C25H37NO2/c1-4-12-26(13-5-2)16-18-14-21-17(15-23(18)27)6-7-20-19(21)10-11-25(3)22(20)8-9-24(25)28/h14-15,19-20,22,27H,4-13,16H2,1-3H3/t19-,20+,22-,25-/m1/s1. The Morgan fingerprint density at radius 1 is 1.11 bits per heavy atom. The number of aryl methyl sites for hydroxylation is 1. The van der Waals surface area contributed by atoms with Crippen LogP contribution in [-0.2, 0) is 17.8 Å². The highest BCUT2D eigenvalue weighted by molar-refractivity contribution is 5.87. The van der Waals surface area contributed by atoms with Gasteiger partial charge in [0.15, 0.2) is 0 Å². The zero-order chi connectivity index (χ0) is 19.9. The smallest absolute Gasteiger partial charge is 0.139 e. The van der Waals surface area contributed by atoms with E-state index in [0.717, 1.165) is 70.1 Å². The molecule has 3 nitrogen and oxygen atoms in total. The van der Waals surface area contributed by atoms with Crippen LogP contribution >= 0.6 is 0 Å². The fourth-order valence-electron chi connectivity index (χ4n) is 6.70. The average molecular weight is 384 g/mol. The van der Waals surface area contributed by atoms with Gasteiger partial charge >= 0.3 is 0 Å². The van der Waals surface area contributed by atoms with E-state index in [-0.39, 0.29) is 5.41 Å². The maximum absolute atomic E-state index is 12.6. The second kappa shape index (κ2) is 7.82. The van der Waals surface area contributed by atoms with E-state index < -0.39 is 0 Å². The molecule has 2 saturated carbocycles. The van der Waals surface area contributed by atoms with Crippen molar-refractivity contribution in [3.8, 4) is 5.75 Å². The molecule has 0 aromatic heterocycles. The first-order valence-electron chi connectivity index (χ1n) is 11.6. The molecule has 0 aliphatic heterocycles. The van der Waals surface area contributed by atoms with Crippen molar-refractivity contribution in [1.82, 2.24) is 4.90 Å². The summed E-state index contributed by atoms with van der Waals surface area (Å²) in [6.45, 7) is 9.70. The van der Waals surface area contributed by atoms with Crippen LogP contribution in [0.4, 0.5) is 0 Å². The number of carbonyl (C=O) groups excluding carboxylic acids is 1. The van der Waals surface area contributed by atoms with E-state index in [0.29, 0.717) is 29.3 Å². The van der Waals surface area contributed by atoms with Gasteiger partial charge in [0.2, 0.25) is 0 Å². The molecule has 1 N–H and O–H groups in total. The number of nitrogens with zero attached hydrogens (tertiary/aromatic N) is 1. The highest BCUT2D eigenvalue weighted by Crippen LogP contribution is 2.59. The van der Waals surface area contributed by atoms with E-state index in [1.807, 2.05) is 0 Å². The number of phenols is 1. The summed E-state index contributed by atoms with van der Waals surface area (Å²) in [5, 5.41) is 10.7. The topological polar surface area (TPSA) is 40.5 Å². The maximum Gasteiger partial charge on any atom is 0.139 e. The molecule has 0 heterocycles. The third-order valence-corrected chi connectivity index (χ3v) is 8.11. The van der Waals surface area contributed by atoms with Crippen molar-refractivity contribution < 1.29 is 9.90 Å². The molecule has 0 amide bonds. The van der Waals surface area contributed by atoms with E-state index >= 15 is 0 Å². The number of carbonyl (C=O) groups is 1. The summed E-state index contributed by atoms with van der Waals surface area (Å²) < 4.78 is 0. The minimum atomic E-state index is -0.0581. The van der Waals surface area contributed by atoms with Crippen molar-refractivity contribution in [3.63, 3.8) is 0 Å². The third kappa shape index (κ3) is 3.30.